The second-order valence-electron chi connectivity index (χ2n) is 11.4. The maximum absolute atomic E-state index is 13.7. The molecule has 5 N–H and O–H groups in total. The summed E-state index contributed by atoms with van der Waals surface area (Å²) in [5.74, 6) is -2.13. The molecule has 4 atom stereocenters. The lowest BCUT2D eigenvalue weighted by atomic mass is 9.80. The van der Waals surface area contributed by atoms with Crippen LogP contribution < -0.4 is 21.7 Å². The van der Waals surface area contributed by atoms with E-state index in [4.69, 9.17) is 5.73 Å². The number of hydrogen-bond acceptors (Lipinski definition) is 5. The minimum atomic E-state index is -1.08. The molecule has 0 aromatic rings. The van der Waals surface area contributed by atoms with Crippen molar-refractivity contribution in [2.24, 2.45) is 28.9 Å². The molecule has 2 aliphatic rings. The van der Waals surface area contributed by atoms with E-state index in [0.29, 0.717) is 25.9 Å². The largest absolute Gasteiger partial charge is 0.363 e. The SMILES string of the molecule is CCNC(=O)NC(C(=O)N1CC(C(C)C)CC1C(=O)NC(CC1CCC1)C(=O)C(N)=O)C(C)(C)C. The van der Waals surface area contributed by atoms with E-state index in [1.54, 1.807) is 6.92 Å². The number of carbonyl (C=O) groups is 5. The van der Waals surface area contributed by atoms with Gasteiger partial charge in [0, 0.05) is 13.1 Å². The summed E-state index contributed by atoms with van der Waals surface area (Å²) in [6.45, 7) is 12.2. The molecule has 10 heteroatoms. The molecule has 198 valence electrons. The van der Waals surface area contributed by atoms with Crippen LogP contribution in [0.1, 0.15) is 73.6 Å². The van der Waals surface area contributed by atoms with Gasteiger partial charge < -0.3 is 26.6 Å². The third kappa shape index (κ3) is 7.41. The molecule has 1 saturated heterocycles. The topological polar surface area (TPSA) is 151 Å². The molecule has 1 aliphatic heterocycles. The molecule has 1 heterocycles. The van der Waals surface area contributed by atoms with E-state index in [1.807, 2.05) is 34.6 Å². The Morgan fingerprint density at radius 1 is 1.06 bits per heavy atom. The molecular formula is C25H43N5O5. The number of likely N-dealkylation sites (tertiary alicyclic amines) is 1. The Kier molecular flexibility index (Phi) is 9.68. The van der Waals surface area contributed by atoms with Crippen LogP contribution in [0.25, 0.3) is 0 Å². The lowest BCUT2D eigenvalue weighted by molar-refractivity contribution is -0.143. The van der Waals surface area contributed by atoms with E-state index in [1.165, 1.54) is 4.90 Å². The fraction of sp³-hybridized carbons (Fsp3) is 0.800. The Labute approximate surface area is 208 Å². The van der Waals surface area contributed by atoms with Crippen LogP contribution in [0, 0.1) is 23.2 Å². The van der Waals surface area contributed by atoms with Crippen molar-refractivity contribution < 1.29 is 24.0 Å². The molecular weight excluding hydrogens is 450 g/mol. The van der Waals surface area contributed by atoms with Crippen molar-refractivity contribution in [1.29, 1.82) is 0 Å². The molecule has 10 nitrogen and oxygen atoms in total. The van der Waals surface area contributed by atoms with E-state index >= 15 is 0 Å². The van der Waals surface area contributed by atoms with Crippen molar-refractivity contribution in [2.75, 3.05) is 13.1 Å². The number of rotatable bonds is 10. The Balaban J connectivity index is 2.28. The summed E-state index contributed by atoms with van der Waals surface area (Å²) in [4.78, 5) is 65.0. The highest BCUT2D eigenvalue weighted by Gasteiger charge is 2.46. The Morgan fingerprint density at radius 2 is 1.69 bits per heavy atom. The first-order valence-corrected chi connectivity index (χ1v) is 12.7. The molecule has 35 heavy (non-hydrogen) atoms. The fourth-order valence-electron chi connectivity index (χ4n) is 4.73. The lowest BCUT2D eigenvalue weighted by Gasteiger charge is -2.36. The van der Waals surface area contributed by atoms with Crippen molar-refractivity contribution in [3.05, 3.63) is 0 Å². The molecule has 2 fully saturated rings. The Hall–Kier alpha value is -2.65. The van der Waals surface area contributed by atoms with Crippen molar-refractivity contribution in [3.8, 4) is 0 Å². The van der Waals surface area contributed by atoms with Crippen LogP contribution >= 0.6 is 0 Å². The summed E-state index contributed by atoms with van der Waals surface area (Å²) in [6.07, 6.45) is 3.75. The number of nitrogens with one attached hydrogen (secondary N) is 3. The van der Waals surface area contributed by atoms with Crippen molar-refractivity contribution in [3.63, 3.8) is 0 Å². The first kappa shape index (κ1) is 28.6. The summed E-state index contributed by atoms with van der Waals surface area (Å²) < 4.78 is 0. The Morgan fingerprint density at radius 3 is 2.14 bits per heavy atom. The van der Waals surface area contributed by atoms with Gasteiger partial charge in [-0.05, 0) is 42.9 Å². The zero-order chi connectivity index (χ0) is 26.5. The molecule has 1 aliphatic carbocycles. The first-order chi connectivity index (χ1) is 16.3. The molecule has 1 saturated carbocycles. The molecule has 0 aromatic heterocycles. The third-order valence-electron chi connectivity index (χ3n) is 7.26. The number of Topliss-reactive ketones (excluding diaryl/α,β-unsaturated/α-hetero) is 1. The zero-order valence-corrected chi connectivity index (χ0v) is 22.0. The summed E-state index contributed by atoms with van der Waals surface area (Å²) in [5, 5.41) is 8.16. The van der Waals surface area contributed by atoms with Gasteiger partial charge in [-0.1, -0.05) is 53.9 Å². The van der Waals surface area contributed by atoms with Crippen molar-refractivity contribution >= 4 is 29.5 Å². The minimum absolute atomic E-state index is 0.0803. The van der Waals surface area contributed by atoms with Gasteiger partial charge >= 0.3 is 6.03 Å². The summed E-state index contributed by atoms with van der Waals surface area (Å²) in [6, 6.07) is -3.10. The van der Waals surface area contributed by atoms with Gasteiger partial charge in [0.2, 0.25) is 17.6 Å². The van der Waals surface area contributed by atoms with Crippen LogP contribution in [-0.4, -0.2) is 65.7 Å². The number of primary amides is 1. The molecule has 2 rings (SSSR count). The average molecular weight is 494 g/mol. The smallest absolute Gasteiger partial charge is 0.315 e. The Bertz CT molecular complexity index is 818. The number of ketones is 1. The second-order valence-corrected chi connectivity index (χ2v) is 11.4. The van der Waals surface area contributed by atoms with Gasteiger partial charge in [-0.15, -0.1) is 0 Å². The van der Waals surface area contributed by atoms with Crippen LogP contribution in [0.5, 0.6) is 0 Å². The quantitative estimate of drug-likeness (QED) is 0.339. The molecule has 5 amide bonds. The standard InChI is InChI=1S/C25H43N5O5/c1-7-27-24(35)29-20(25(4,5)6)23(34)30-13-16(14(2)3)12-18(30)22(33)28-17(19(31)21(26)32)11-15-9-8-10-15/h14-18,20H,7-13H2,1-6H3,(H2,26,32)(H,28,33)(H2,27,29,35). The van der Waals surface area contributed by atoms with Crippen LogP contribution in [0.2, 0.25) is 0 Å². The van der Waals surface area contributed by atoms with Gasteiger partial charge in [0.05, 0.1) is 6.04 Å². The summed E-state index contributed by atoms with van der Waals surface area (Å²) >= 11 is 0. The normalized spacial score (nSPS) is 22.2. The number of urea groups is 1. The maximum Gasteiger partial charge on any atom is 0.315 e. The molecule has 0 bridgehead atoms. The highest BCUT2D eigenvalue weighted by atomic mass is 16.2. The van der Waals surface area contributed by atoms with Crippen LogP contribution in [0.15, 0.2) is 0 Å². The van der Waals surface area contributed by atoms with Gasteiger partial charge in [-0.3, -0.25) is 19.2 Å². The zero-order valence-electron chi connectivity index (χ0n) is 22.0. The number of amides is 5. The van der Waals surface area contributed by atoms with E-state index < -0.39 is 47.2 Å². The fourth-order valence-corrected chi connectivity index (χ4v) is 4.73. The summed E-state index contributed by atoms with van der Waals surface area (Å²) in [7, 11) is 0. The number of carbonyl (C=O) groups excluding carboxylic acids is 5. The molecule has 0 aromatic carbocycles. The molecule has 0 spiro atoms. The highest BCUT2D eigenvalue weighted by molar-refractivity contribution is 6.37. The average Bonchev–Trinajstić information content (AvgIpc) is 3.18. The third-order valence-corrected chi connectivity index (χ3v) is 7.26. The van der Waals surface area contributed by atoms with Gasteiger partial charge in [0.15, 0.2) is 0 Å². The second kappa shape index (κ2) is 11.9. The number of nitrogens with two attached hydrogens (primary N) is 1. The van der Waals surface area contributed by atoms with Gasteiger partial charge in [-0.2, -0.15) is 0 Å². The minimum Gasteiger partial charge on any atom is -0.363 e. The first-order valence-electron chi connectivity index (χ1n) is 12.7. The summed E-state index contributed by atoms with van der Waals surface area (Å²) in [5.41, 5.74) is 4.64. The predicted molar refractivity (Wildman–Crippen MR) is 132 cm³/mol. The highest BCUT2D eigenvalue weighted by Crippen LogP contribution is 2.33. The molecule has 4 unspecified atom stereocenters. The van der Waals surface area contributed by atoms with Gasteiger partial charge in [0.1, 0.15) is 12.1 Å². The van der Waals surface area contributed by atoms with Gasteiger partial charge in [0.25, 0.3) is 5.91 Å². The van der Waals surface area contributed by atoms with Crippen molar-refractivity contribution in [2.45, 2.75) is 91.8 Å². The predicted octanol–water partition coefficient (Wildman–Crippen LogP) is 1.32. The van der Waals surface area contributed by atoms with Crippen LogP contribution in [0.4, 0.5) is 4.79 Å². The van der Waals surface area contributed by atoms with Crippen molar-refractivity contribution in [1.82, 2.24) is 20.9 Å². The number of nitrogens with zero attached hydrogens (tertiary/aromatic N) is 1. The van der Waals surface area contributed by atoms with Crippen LogP contribution in [0.3, 0.4) is 0 Å². The van der Waals surface area contributed by atoms with E-state index in [0.717, 1.165) is 19.3 Å². The molecule has 0 radical (unpaired) electrons. The van der Waals surface area contributed by atoms with E-state index in [9.17, 15) is 24.0 Å². The lowest BCUT2D eigenvalue weighted by Crippen LogP contribution is -2.60. The van der Waals surface area contributed by atoms with E-state index in [-0.39, 0.29) is 23.7 Å². The number of hydrogen-bond donors (Lipinski definition) is 4. The maximum atomic E-state index is 13.7. The van der Waals surface area contributed by atoms with Gasteiger partial charge in [-0.25, -0.2) is 4.79 Å². The monoisotopic (exact) mass is 493 g/mol. The van der Waals surface area contributed by atoms with E-state index in [2.05, 4.69) is 16.0 Å². The van der Waals surface area contributed by atoms with Crippen LogP contribution in [-0.2, 0) is 19.2 Å².